The highest BCUT2D eigenvalue weighted by Crippen LogP contribution is 2.32. The first-order valence-corrected chi connectivity index (χ1v) is 6.45. The third-order valence-corrected chi connectivity index (χ3v) is 3.54. The number of carboxylic acid groups (broad SMARTS) is 1. The van der Waals surface area contributed by atoms with Crippen LogP contribution in [-0.2, 0) is 9.59 Å². The molecule has 1 saturated heterocycles. The lowest BCUT2D eigenvalue weighted by Crippen LogP contribution is -2.45. The zero-order valence-corrected chi connectivity index (χ0v) is 11.2. The van der Waals surface area contributed by atoms with Crippen LogP contribution < -0.4 is 0 Å². The fourth-order valence-electron chi connectivity index (χ4n) is 2.48. The Morgan fingerprint density at radius 3 is 2.68 bits per heavy atom. The molecule has 0 bridgehead atoms. The summed E-state index contributed by atoms with van der Waals surface area (Å²) in [6.07, 6.45) is 3.48. The highest BCUT2D eigenvalue weighted by Gasteiger charge is 2.34. The molecule has 1 aromatic rings. The van der Waals surface area contributed by atoms with Crippen molar-refractivity contribution in [3.63, 3.8) is 0 Å². The SMILES string of the molecule is Cc1ccc([C@H]2CC[C@H](C)CN2C(=O)C(=O)O)nc1. The average molecular weight is 262 g/mol. The number of pyridine rings is 1. The molecule has 5 heteroatoms. The minimum Gasteiger partial charge on any atom is -0.474 e. The number of piperidine rings is 1. The van der Waals surface area contributed by atoms with Gasteiger partial charge >= 0.3 is 11.9 Å². The van der Waals surface area contributed by atoms with E-state index in [-0.39, 0.29) is 6.04 Å². The summed E-state index contributed by atoms with van der Waals surface area (Å²) in [5.74, 6) is -1.91. The number of aromatic nitrogens is 1. The molecule has 0 aliphatic carbocycles. The quantitative estimate of drug-likeness (QED) is 0.783. The van der Waals surface area contributed by atoms with Gasteiger partial charge in [0.05, 0.1) is 11.7 Å². The summed E-state index contributed by atoms with van der Waals surface area (Å²) in [4.78, 5) is 28.5. The molecule has 2 rings (SSSR count). The molecule has 1 aliphatic rings. The van der Waals surface area contributed by atoms with Crippen molar-refractivity contribution >= 4 is 11.9 Å². The monoisotopic (exact) mass is 262 g/mol. The van der Waals surface area contributed by atoms with E-state index < -0.39 is 11.9 Å². The van der Waals surface area contributed by atoms with Crippen molar-refractivity contribution in [1.82, 2.24) is 9.88 Å². The van der Waals surface area contributed by atoms with E-state index in [2.05, 4.69) is 4.98 Å². The number of carbonyl (C=O) groups is 2. The Labute approximate surface area is 112 Å². The Morgan fingerprint density at radius 2 is 2.11 bits per heavy atom. The molecule has 1 amide bonds. The van der Waals surface area contributed by atoms with Gasteiger partial charge in [-0.3, -0.25) is 9.78 Å². The topological polar surface area (TPSA) is 70.5 Å². The first-order valence-electron chi connectivity index (χ1n) is 6.45. The molecule has 0 spiro atoms. The first kappa shape index (κ1) is 13.5. The van der Waals surface area contributed by atoms with Gasteiger partial charge in [-0.2, -0.15) is 0 Å². The van der Waals surface area contributed by atoms with Gasteiger partial charge in [0, 0.05) is 12.7 Å². The van der Waals surface area contributed by atoms with Crippen molar-refractivity contribution in [1.29, 1.82) is 0 Å². The Bertz CT molecular complexity index is 484. The molecular formula is C14H18N2O3. The Morgan fingerprint density at radius 1 is 1.37 bits per heavy atom. The van der Waals surface area contributed by atoms with E-state index in [1.807, 2.05) is 26.0 Å². The van der Waals surface area contributed by atoms with Gasteiger partial charge in [0.1, 0.15) is 0 Å². The molecule has 0 saturated carbocycles. The maximum atomic E-state index is 11.8. The van der Waals surface area contributed by atoms with Gasteiger partial charge in [-0.15, -0.1) is 0 Å². The van der Waals surface area contributed by atoms with Gasteiger partial charge in [0.2, 0.25) is 0 Å². The van der Waals surface area contributed by atoms with Crippen molar-refractivity contribution in [2.45, 2.75) is 32.7 Å². The lowest BCUT2D eigenvalue weighted by molar-refractivity contribution is -0.158. The fourth-order valence-corrected chi connectivity index (χ4v) is 2.48. The Kier molecular flexibility index (Phi) is 3.83. The predicted octanol–water partition coefficient (Wildman–Crippen LogP) is 1.77. The summed E-state index contributed by atoms with van der Waals surface area (Å²) in [5, 5.41) is 8.92. The van der Waals surface area contributed by atoms with Crippen LogP contribution >= 0.6 is 0 Å². The average Bonchev–Trinajstić information content (AvgIpc) is 2.39. The number of rotatable bonds is 1. The van der Waals surface area contributed by atoms with Gasteiger partial charge in [0.25, 0.3) is 0 Å². The van der Waals surface area contributed by atoms with E-state index in [4.69, 9.17) is 5.11 Å². The summed E-state index contributed by atoms with van der Waals surface area (Å²) in [6.45, 7) is 4.45. The number of aliphatic carboxylic acids is 1. The van der Waals surface area contributed by atoms with Crippen molar-refractivity contribution in [2.24, 2.45) is 5.92 Å². The zero-order chi connectivity index (χ0) is 14.0. The smallest absolute Gasteiger partial charge is 0.394 e. The largest absolute Gasteiger partial charge is 0.474 e. The van der Waals surface area contributed by atoms with Crippen molar-refractivity contribution in [3.05, 3.63) is 29.6 Å². The number of aryl methyl sites for hydroxylation is 1. The second-order valence-electron chi connectivity index (χ2n) is 5.22. The van der Waals surface area contributed by atoms with Crippen LogP contribution in [0.25, 0.3) is 0 Å². The van der Waals surface area contributed by atoms with E-state index in [0.29, 0.717) is 12.5 Å². The second kappa shape index (κ2) is 5.38. The molecule has 1 aromatic heterocycles. The normalized spacial score (nSPS) is 23.2. The zero-order valence-electron chi connectivity index (χ0n) is 11.2. The minimum atomic E-state index is -1.40. The Hall–Kier alpha value is -1.91. The highest BCUT2D eigenvalue weighted by atomic mass is 16.4. The predicted molar refractivity (Wildman–Crippen MR) is 69.5 cm³/mol. The molecule has 1 fully saturated rings. The van der Waals surface area contributed by atoms with Crippen LogP contribution in [0, 0.1) is 12.8 Å². The van der Waals surface area contributed by atoms with Crippen LogP contribution in [0.5, 0.6) is 0 Å². The van der Waals surface area contributed by atoms with E-state index in [0.717, 1.165) is 24.1 Å². The molecule has 1 N–H and O–H groups in total. The van der Waals surface area contributed by atoms with Crippen LogP contribution in [0.15, 0.2) is 18.3 Å². The number of nitrogens with zero attached hydrogens (tertiary/aromatic N) is 2. The van der Waals surface area contributed by atoms with Gasteiger partial charge in [0.15, 0.2) is 0 Å². The van der Waals surface area contributed by atoms with Crippen LogP contribution in [0.3, 0.4) is 0 Å². The summed E-state index contributed by atoms with van der Waals surface area (Å²) in [5.41, 5.74) is 1.82. The van der Waals surface area contributed by atoms with Crippen molar-refractivity contribution in [2.75, 3.05) is 6.54 Å². The lowest BCUT2D eigenvalue weighted by Gasteiger charge is -2.37. The fraction of sp³-hybridized carbons (Fsp3) is 0.500. The molecule has 5 nitrogen and oxygen atoms in total. The van der Waals surface area contributed by atoms with Crippen molar-refractivity contribution < 1.29 is 14.7 Å². The highest BCUT2D eigenvalue weighted by molar-refractivity contribution is 6.31. The second-order valence-corrected chi connectivity index (χ2v) is 5.22. The summed E-state index contributed by atoms with van der Waals surface area (Å²) in [7, 11) is 0. The van der Waals surface area contributed by atoms with Crippen molar-refractivity contribution in [3.8, 4) is 0 Å². The molecule has 1 aliphatic heterocycles. The van der Waals surface area contributed by atoms with Crippen LogP contribution in [-0.4, -0.2) is 33.4 Å². The number of likely N-dealkylation sites (tertiary alicyclic amines) is 1. The molecule has 102 valence electrons. The molecular weight excluding hydrogens is 244 g/mol. The number of hydrogen-bond donors (Lipinski definition) is 1. The lowest BCUT2D eigenvalue weighted by atomic mass is 9.92. The van der Waals surface area contributed by atoms with Gasteiger partial charge < -0.3 is 10.0 Å². The van der Waals surface area contributed by atoms with Crippen LogP contribution in [0.2, 0.25) is 0 Å². The molecule has 19 heavy (non-hydrogen) atoms. The maximum Gasteiger partial charge on any atom is 0.394 e. The number of carboxylic acids is 1. The van der Waals surface area contributed by atoms with E-state index >= 15 is 0 Å². The third-order valence-electron chi connectivity index (χ3n) is 3.54. The van der Waals surface area contributed by atoms with E-state index in [1.165, 1.54) is 4.90 Å². The van der Waals surface area contributed by atoms with Crippen LogP contribution in [0.1, 0.15) is 37.1 Å². The summed E-state index contributed by atoms with van der Waals surface area (Å²) in [6, 6.07) is 3.59. The molecule has 0 radical (unpaired) electrons. The van der Waals surface area contributed by atoms with Crippen LogP contribution in [0.4, 0.5) is 0 Å². The van der Waals surface area contributed by atoms with Gasteiger partial charge in [-0.1, -0.05) is 13.0 Å². The number of carbonyl (C=O) groups excluding carboxylic acids is 1. The molecule has 0 aromatic carbocycles. The van der Waals surface area contributed by atoms with E-state index in [9.17, 15) is 9.59 Å². The number of amides is 1. The van der Waals surface area contributed by atoms with E-state index in [1.54, 1.807) is 6.20 Å². The minimum absolute atomic E-state index is 0.222. The van der Waals surface area contributed by atoms with Gasteiger partial charge in [-0.05, 0) is 37.3 Å². The number of hydrogen-bond acceptors (Lipinski definition) is 3. The maximum absolute atomic E-state index is 11.8. The Balaban J connectivity index is 2.27. The standard InChI is InChI=1S/C14H18N2O3/c1-9-3-5-11(15-7-9)12-6-4-10(2)8-16(12)13(17)14(18)19/h3,5,7,10,12H,4,6,8H2,1-2H3,(H,18,19)/t10-,12+/m0/s1. The van der Waals surface area contributed by atoms with Gasteiger partial charge in [-0.25, -0.2) is 4.79 Å². The molecule has 0 unspecified atom stereocenters. The molecule has 2 heterocycles. The summed E-state index contributed by atoms with van der Waals surface area (Å²) >= 11 is 0. The third kappa shape index (κ3) is 2.92. The molecule has 2 atom stereocenters. The summed E-state index contributed by atoms with van der Waals surface area (Å²) < 4.78 is 0. The first-order chi connectivity index (χ1) is 8.99.